The van der Waals surface area contributed by atoms with Crippen LogP contribution in [0, 0.1) is 5.41 Å². The molecule has 0 aromatic carbocycles. The van der Waals surface area contributed by atoms with Crippen molar-refractivity contribution in [2.75, 3.05) is 6.61 Å². The number of aliphatic hydroxyl groups is 1. The zero-order chi connectivity index (χ0) is 31.2. The first-order valence-electron chi connectivity index (χ1n) is 17.0. The maximum Gasteiger partial charge on any atom is 0.305 e. The molecular formula is C36H62O5S. The number of carbonyl (C=O) groups is 1. The maximum atomic E-state index is 13.4. The predicted octanol–water partition coefficient (Wildman–Crippen LogP) is 9.35. The maximum absolute atomic E-state index is 13.4. The summed E-state index contributed by atoms with van der Waals surface area (Å²) in [4.78, 5) is 12.4. The van der Waals surface area contributed by atoms with Crippen LogP contribution in [0.3, 0.4) is 0 Å². The molecule has 0 aromatic rings. The van der Waals surface area contributed by atoms with Crippen molar-refractivity contribution in [3.8, 4) is 0 Å². The fraction of sp³-hybridized carbons (Fsp3) is 0.806. The van der Waals surface area contributed by atoms with E-state index < -0.39 is 26.4 Å². The molecule has 1 N–H and O–H groups in total. The summed E-state index contributed by atoms with van der Waals surface area (Å²) in [6, 6.07) is 0. The van der Waals surface area contributed by atoms with Crippen LogP contribution in [0.25, 0.3) is 0 Å². The normalized spacial score (nSPS) is 22.7. The number of rotatable bonds is 20. The molecule has 0 bridgehead atoms. The molecule has 0 aromatic heterocycles. The summed E-state index contributed by atoms with van der Waals surface area (Å²) in [7, 11) is -3.71. The van der Waals surface area contributed by atoms with Crippen molar-refractivity contribution >= 4 is 15.8 Å². The highest BCUT2D eigenvalue weighted by Gasteiger charge is 2.44. The molecule has 0 radical (unpaired) electrons. The summed E-state index contributed by atoms with van der Waals surface area (Å²) in [6.07, 6.45) is 23.2. The van der Waals surface area contributed by atoms with Gasteiger partial charge in [-0.25, -0.2) is 8.42 Å². The third kappa shape index (κ3) is 11.6. The number of esters is 1. The lowest BCUT2D eigenvalue weighted by Crippen LogP contribution is -2.37. The van der Waals surface area contributed by atoms with Gasteiger partial charge in [0, 0.05) is 6.42 Å². The molecule has 0 amide bonds. The number of allylic oxidation sites excluding steroid dienone is 3. The van der Waals surface area contributed by atoms with Crippen LogP contribution in [-0.4, -0.2) is 42.7 Å². The number of hydrogen-bond donors (Lipinski definition) is 1. The number of hydrogen-bond acceptors (Lipinski definition) is 5. The zero-order valence-corrected chi connectivity index (χ0v) is 28.6. The van der Waals surface area contributed by atoms with Crippen molar-refractivity contribution in [2.24, 2.45) is 5.41 Å². The van der Waals surface area contributed by atoms with Gasteiger partial charge in [0.1, 0.15) is 17.1 Å². The Kier molecular flexibility index (Phi) is 16.1. The van der Waals surface area contributed by atoms with Crippen molar-refractivity contribution in [3.05, 3.63) is 34.4 Å². The first-order chi connectivity index (χ1) is 19.9. The molecule has 5 nitrogen and oxygen atoms in total. The van der Waals surface area contributed by atoms with Crippen LogP contribution in [0.2, 0.25) is 0 Å². The van der Waals surface area contributed by atoms with Crippen LogP contribution in [0.4, 0.5) is 0 Å². The van der Waals surface area contributed by atoms with Gasteiger partial charge in [-0.2, -0.15) is 0 Å². The molecule has 1 heterocycles. The number of unbranched alkanes of at least 4 members (excludes halogenated alkanes) is 12. The fourth-order valence-corrected chi connectivity index (χ4v) is 8.92. The summed E-state index contributed by atoms with van der Waals surface area (Å²) in [6.45, 7) is 12.4. The lowest BCUT2D eigenvalue weighted by molar-refractivity contribution is -0.143. The standard InChI is InChI=1S/C36H62O5S/c1-7-8-9-10-11-12-13-14-15-16-17-18-19-22-34(37)41-27-33-30(4)26-32(42(33,39)40)35(38)29(3)23-24-31-28(2)21-20-25-36(31,5)6/h23,26,32-33,35,38H,7-22,24-25,27H2,1-6H3/b29-23+. The second-order valence-corrected chi connectivity index (χ2v) is 16.0. The Bertz CT molecular complexity index is 1030. The summed E-state index contributed by atoms with van der Waals surface area (Å²) in [5, 5.41) is 9.17. The van der Waals surface area contributed by atoms with Crippen molar-refractivity contribution in [2.45, 2.75) is 174 Å². The van der Waals surface area contributed by atoms with Crippen molar-refractivity contribution in [1.82, 2.24) is 0 Å². The third-order valence-electron chi connectivity index (χ3n) is 9.68. The molecule has 242 valence electrons. The Hall–Kier alpha value is -1.40. The van der Waals surface area contributed by atoms with Crippen molar-refractivity contribution in [1.29, 1.82) is 0 Å². The number of carbonyl (C=O) groups excluding carboxylic acids is 1. The molecule has 0 spiro atoms. The summed E-state index contributed by atoms with van der Waals surface area (Å²) in [5.41, 5.74) is 4.26. The highest BCUT2D eigenvalue weighted by Crippen LogP contribution is 2.42. The number of aliphatic hydroxyl groups excluding tert-OH is 1. The minimum Gasteiger partial charge on any atom is -0.464 e. The molecule has 1 aliphatic carbocycles. The fourth-order valence-electron chi connectivity index (χ4n) is 6.70. The Morgan fingerprint density at radius 2 is 1.55 bits per heavy atom. The largest absolute Gasteiger partial charge is 0.464 e. The average molecular weight is 607 g/mol. The van der Waals surface area contributed by atoms with Gasteiger partial charge in [-0.1, -0.05) is 127 Å². The van der Waals surface area contributed by atoms with Gasteiger partial charge < -0.3 is 9.84 Å². The van der Waals surface area contributed by atoms with Gasteiger partial charge >= 0.3 is 5.97 Å². The molecular weight excluding hydrogens is 544 g/mol. The summed E-state index contributed by atoms with van der Waals surface area (Å²) < 4.78 is 32.2. The topological polar surface area (TPSA) is 80.7 Å². The molecule has 2 aliphatic rings. The van der Waals surface area contributed by atoms with Crippen molar-refractivity contribution < 1.29 is 23.1 Å². The smallest absolute Gasteiger partial charge is 0.305 e. The van der Waals surface area contributed by atoms with Gasteiger partial charge in [0.05, 0.1) is 6.10 Å². The van der Waals surface area contributed by atoms with Crippen LogP contribution < -0.4 is 0 Å². The highest BCUT2D eigenvalue weighted by molar-refractivity contribution is 7.93. The Morgan fingerprint density at radius 3 is 2.10 bits per heavy atom. The summed E-state index contributed by atoms with van der Waals surface area (Å²) in [5.74, 6) is -0.333. The van der Waals surface area contributed by atoms with E-state index in [-0.39, 0.29) is 18.0 Å². The van der Waals surface area contributed by atoms with Crippen LogP contribution in [-0.2, 0) is 19.4 Å². The molecule has 3 unspecified atom stereocenters. The minimum absolute atomic E-state index is 0.127. The quantitative estimate of drug-likeness (QED) is 0.0848. The molecule has 42 heavy (non-hydrogen) atoms. The first kappa shape index (κ1) is 36.8. The van der Waals surface area contributed by atoms with E-state index in [2.05, 4.69) is 27.7 Å². The molecule has 0 fully saturated rings. The lowest BCUT2D eigenvalue weighted by atomic mass is 9.71. The molecule has 0 saturated carbocycles. The van der Waals surface area contributed by atoms with E-state index in [0.717, 1.165) is 38.5 Å². The van der Waals surface area contributed by atoms with E-state index in [0.29, 0.717) is 17.6 Å². The van der Waals surface area contributed by atoms with E-state index in [1.807, 2.05) is 13.0 Å². The predicted molar refractivity (Wildman–Crippen MR) is 176 cm³/mol. The van der Waals surface area contributed by atoms with Gasteiger partial charge in [0.25, 0.3) is 0 Å². The zero-order valence-electron chi connectivity index (χ0n) is 27.8. The molecule has 1 aliphatic heterocycles. The third-order valence-corrected chi connectivity index (χ3v) is 12.1. The monoisotopic (exact) mass is 606 g/mol. The average Bonchev–Trinajstić information content (AvgIpc) is 3.16. The van der Waals surface area contributed by atoms with E-state index in [1.54, 1.807) is 13.0 Å². The number of sulfone groups is 1. The van der Waals surface area contributed by atoms with E-state index in [4.69, 9.17) is 4.74 Å². The SMILES string of the molecule is CCCCCCCCCCCCCCCC(=O)OCC1C(C)=CC(C(O)/C(C)=C/CC2=C(C)CCCC2(C)C)S1(=O)=O. The highest BCUT2D eigenvalue weighted by atomic mass is 32.2. The van der Waals surface area contributed by atoms with Crippen LogP contribution in [0.5, 0.6) is 0 Å². The van der Waals surface area contributed by atoms with Crippen LogP contribution >= 0.6 is 0 Å². The minimum atomic E-state index is -3.71. The Labute approximate surface area is 258 Å². The van der Waals surface area contributed by atoms with E-state index in [9.17, 15) is 18.3 Å². The Balaban J connectivity index is 1.70. The molecule has 0 saturated heterocycles. The summed E-state index contributed by atoms with van der Waals surface area (Å²) >= 11 is 0. The van der Waals surface area contributed by atoms with Gasteiger partial charge in [-0.15, -0.1) is 0 Å². The second kappa shape index (κ2) is 18.4. The molecule has 3 atom stereocenters. The van der Waals surface area contributed by atoms with E-state index >= 15 is 0 Å². The second-order valence-electron chi connectivity index (χ2n) is 13.7. The first-order valence-corrected chi connectivity index (χ1v) is 18.6. The van der Waals surface area contributed by atoms with E-state index in [1.165, 1.54) is 81.8 Å². The van der Waals surface area contributed by atoms with Gasteiger partial charge in [-0.3, -0.25) is 4.79 Å². The van der Waals surface area contributed by atoms with Crippen LogP contribution in [0.15, 0.2) is 34.4 Å². The van der Waals surface area contributed by atoms with Crippen molar-refractivity contribution in [3.63, 3.8) is 0 Å². The number of ether oxygens (including phenoxy) is 1. The van der Waals surface area contributed by atoms with Gasteiger partial charge in [-0.05, 0) is 63.9 Å². The Morgan fingerprint density at radius 1 is 1.00 bits per heavy atom. The van der Waals surface area contributed by atoms with Crippen LogP contribution in [0.1, 0.15) is 157 Å². The van der Waals surface area contributed by atoms with Gasteiger partial charge in [0.15, 0.2) is 9.84 Å². The van der Waals surface area contributed by atoms with Gasteiger partial charge in [0.2, 0.25) is 0 Å². The molecule has 2 rings (SSSR count). The molecule has 6 heteroatoms. The lowest BCUT2D eigenvalue weighted by Gasteiger charge is -2.34.